The SMILES string of the molecule is CC12CCC(=O)N1C(C(=O)Nc1nc(-c3ccc4c(c3)CCCC4)cs1)CS2. The van der Waals surface area contributed by atoms with Crippen molar-refractivity contribution < 1.29 is 9.59 Å². The summed E-state index contributed by atoms with van der Waals surface area (Å²) in [6, 6.07) is 6.20. The minimum absolute atomic E-state index is 0.0848. The zero-order valence-corrected chi connectivity index (χ0v) is 17.5. The van der Waals surface area contributed by atoms with Gasteiger partial charge in [-0.15, -0.1) is 23.1 Å². The van der Waals surface area contributed by atoms with Crippen LogP contribution in [0.5, 0.6) is 0 Å². The third kappa shape index (κ3) is 3.05. The van der Waals surface area contributed by atoms with E-state index in [0.717, 1.165) is 24.1 Å². The molecule has 2 unspecified atom stereocenters. The largest absolute Gasteiger partial charge is 0.315 e. The van der Waals surface area contributed by atoms with Gasteiger partial charge in [0.2, 0.25) is 11.8 Å². The van der Waals surface area contributed by atoms with Crippen molar-refractivity contribution in [2.24, 2.45) is 0 Å². The number of nitrogens with zero attached hydrogens (tertiary/aromatic N) is 2. The molecule has 2 aromatic rings. The summed E-state index contributed by atoms with van der Waals surface area (Å²) in [5.41, 5.74) is 4.89. The first-order chi connectivity index (χ1) is 13.5. The second-order valence-corrected chi connectivity index (χ2v) is 10.3. The van der Waals surface area contributed by atoms with Gasteiger partial charge in [0.1, 0.15) is 6.04 Å². The Hall–Kier alpha value is -1.86. The first-order valence-corrected chi connectivity index (χ1v) is 11.7. The predicted octanol–water partition coefficient (Wildman–Crippen LogP) is 4.08. The molecule has 28 heavy (non-hydrogen) atoms. The maximum absolute atomic E-state index is 12.8. The number of fused-ring (bicyclic) bond motifs is 2. The average molecular weight is 414 g/mol. The molecule has 5 nitrogen and oxygen atoms in total. The van der Waals surface area contributed by atoms with Gasteiger partial charge >= 0.3 is 0 Å². The van der Waals surface area contributed by atoms with Crippen molar-refractivity contribution in [3.8, 4) is 11.3 Å². The van der Waals surface area contributed by atoms with E-state index >= 15 is 0 Å². The van der Waals surface area contributed by atoms with Gasteiger partial charge in [0.15, 0.2) is 5.13 Å². The Labute approximate surface area is 172 Å². The molecule has 3 heterocycles. The van der Waals surface area contributed by atoms with Gasteiger partial charge in [-0.25, -0.2) is 4.98 Å². The van der Waals surface area contributed by atoms with E-state index in [1.807, 2.05) is 5.38 Å². The highest BCUT2D eigenvalue weighted by Crippen LogP contribution is 2.47. The minimum atomic E-state index is -0.402. The molecule has 1 aliphatic carbocycles. The molecule has 2 fully saturated rings. The number of benzene rings is 1. The summed E-state index contributed by atoms with van der Waals surface area (Å²) in [4.78, 5) is 31.3. The maximum atomic E-state index is 12.8. The van der Waals surface area contributed by atoms with Gasteiger partial charge in [-0.3, -0.25) is 9.59 Å². The number of amides is 2. The first-order valence-electron chi connectivity index (χ1n) is 9.88. The van der Waals surface area contributed by atoms with E-state index < -0.39 is 6.04 Å². The number of hydrogen-bond donors (Lipinski definition) is 1. The Morgan fingerprint density at radius 1 is 1.25 bits per heavy atom. The fraction of sp³-hybridized carbons (Fsp3) is 0.476. The molecule has 2 atom stereocenters. The second-order valence-electron chi connectivity index (χ2n) is 7.98. The van der Waals surface area contributed by atoms with E-state index in [1.54, 1.807) is 16.7 Å². The summed E-state index contributed by atoms with van der Waals surface area (Å²) in [5.74, 6) is 0.608. The zero-order chi connectivity index (χ0) is 19.3. The molecule has 1 aromatic heterocycles. The van der Waals surface area contributed by atoms with E-state index in [0.29, 0.717) is 17.3 Å². The summed E-state index contributed by atoms with van der Waals surface area (Å²) in [6.45, 7) is 2.06. The van der Waals surface area contributed by atoms with E-state index in [9.17, 15) is 9.59 Å². The highest BCUT2D eigenvalue weighted by molar-refractivity contribution is 8.01. The van der Waals surface area contributed by atoms with Crippen LogP contribution in [0.2, 0.25) is 0 Å². The fourth-order valence-electron chi connectivity index (χ4n) is 4.56. The lowest BCUT2D eigenvalue weighted by Crippen LogP contribution is -2.48. The van der Waals surface area contributed by atoms with Gasteiger partial charge in [0, 0.05) is 23.1 Å². The van der Waals surface area contributed by atoms with Gasteiger partial charge in [0.25, 0.3) is 0 Å². The molecular formula is C21H23N3O2S2. The van der Waals surface area contributed by atoms with Crippen LogP contribution in [0.15, 0.2) is 23.6 Å². The smallest absolute Gasteiger partial charge is 0.249 e. The standard InChI is InChI=1S/C21H23N3O2S2/c1-21-9-8-18(25)24(21)17(12-28-21)19(26)23-20-22-16(11-27-20)15-7-6-13-4-2-3-5-14(13)10-15/h6-7,10-11,17H,2-5,8-9,12H2,1H3,(H,22,23,26). The Balaban J connectivity index is 1.32. The lowest BCUT2D eigenvalue weighted by molar-refractivity contribution is -0.135. The first kappa shape index (κ1) is 18.2. The van der Waals surface area contributed by atoms with Crippen LogP contribution in [0.4, 0.5) is 5.13 Å². The highest BCUT2D eigenvalue weighted by Gasteiger charge is 2.52. The number of aryl methyl sites for hydroxylation is 2. The molecule has 2 amide bonds. The quantitative estimate of drug-likeness (QED) is 0.824. The molecule has 5 rings (SSSR count). The summed E-state index contributed by atoms with van der Waals surface area (Å²) >= 11 is 3.15. The van der Waals surface area contributed by atoms with Gasteiger partial charge in [-0.2, -0.15) is 0 Å². The van der Waals surface area contributed by atoms with Crippen LogP contribution in [-0.2, 0) is 22.4 Å². The van der Waals surface area contributed by atoms with Crippen molar-refractivity contribution in [2.75, 3.05) is 11.1 Å². The normalized spacial score (nSPS) is 26.2. The third-order valence-electron chi connectivity index (χ3n) is 6.13. The van der Waals surface area contributed by atoms with E-state index in [4.69, 9.17) is 0 Å². The molecule has 2 saturated heterocycles. The number of carbonyl (C=O) groups excluding carboxylic acids is 2. The van der Waals surface area contributed by atoms with E-state index in [1.165, 1.54) is 41.7 Å². The molecule has 1 aromatic carbocycles. The number of nitrogens with one attached hydrogen (secondary N) is 1. The fourth-order valence-corrected chi connectivity index (χ4v) is 6.71. The van der Waals surface area contributed by atoms with Crippen LogP contribution in [0.3, 0.4) is 0 Å². The Bertz CT molecular complexity index is 957. The van der Waals surface area contributed by atoms with Crippen molar-refractivity contribution in [3.05, 3.63) is 34.7 Å². The molecule has 146 valence electrons. The summed E-state index contributed by atoms with van der Waals surface area (Å²) in [6.07, 6.45) is 6.19. The Morgan fingerprint density at radius 2 is 2.07 bits per heavy atom. The van der Waals surface area contributed by atoms with Crippen LogP contribution in [0.25, 0.3) is 11.3 Å². The molecule has 0 radical (unpaired) electrons. The van der Waals surface area contributed by atoms with Gasteiger partial charge < -0.3 is 10.2 Å². The number of aromatic nitrogens is 1. The molecular weight excluding hydrogens is 390 g/mol. The van der Waals surface area contributed by atoms with Crippen molar-refractivity contribution in [3.63, 3.8) is 0 Å². The number of rotatable bonds is 3. The lowest BCUT2D eigenvalue weighted by Gasteiger charge is -2.29. The number of anilines is 1. The topological polar surface area (TPSA) is 62.3 Å². The van der Waals surface area contributed by atoms with Crippen molar-refractivity contribution in [1.29, 1.82) is 0 Å². The summed E-state index contributed by atoms with van der Waals surface area (Å²) in [5, 5.41) is 5.54. The molecule has 0 saturated carbocycles. The minimum Gasteiger partial charge on any atom is -0.315 e. The summed E-state index contributed by atoms with van der Waals surface area (Å²) in [7, 11) is 0. The van der Waals surface area contributed by atoms with Crippen LogP contribution < -0.4 is 5.32 Å². The van der Waals surface area contributed by atoms with Crippen LogP contribution >= 0.6 is 23.1 Å². The molecule has 2 aliphatic heterocycles. The van der Waals surface area contributed by atoms with Gasteiger partial charge in [0.05, 0.1) is 10.6 Å². The second kappa shape index (κ2) is 6.88. The number of carbonyl (C=O) groups is 2. The Morgan fingerprint density at radius 3 is 2.93 bits per heavy atom. The van der Waals surface area contributed by atoms with Crippen LogP contribution in [-0.4, -0.2) is 38.4 Å². The highest BCUT2D eigenvalue weighted by atomic mass is 32.2. The molecule has 0 spiro atoms. The van der Waals surface area contributed by atoms with Gasteiger partial charge in [-0.05, 0) is 56.2 Å². The third-order valence-corrected chi connectivity index (χ3v) is 8.39. The van der Waals surface area contributed by atoms with E-state index in [2.05, 4.69) is 35.4 Å². The molecule has 0 bridgehead atoms. The van der Waals surface area contributed by atoms with Crippen molar-refractivity contribution in [2.45, 2.75) is 56.4 Å². The molecule has 3 aliphatic rings. The lowest BCUT2D eigenvalue weighted by atomic mass is 9.90. The van der Waals surface area contributed by atoms with Crippen molar-refractivity contribution in [1.82, 2.24) is 9.88 Å². The van der Waals surface area contributed by atoms with E-state index in [-0.39, 0.29) is 16.7 Å². The monoisotopic (exact) mass is 413 g/mol. The maximum Gasteiger partial charge on any atom is 0.249 e. The van der Waals surface area contributed by atoms with Crippen LogP contribution in [0.1, 0.15) is 43.7 Å². The summed E-state index contributed by atoms with van der Waals surface area (Å²) < 4.78 is 0. The van der Waals surface area contributed by atoms with Gasteiger partial charge in [-0.1, -0.05) is 12.1 Å². The number of thiazole rings is 1. The average Bonchev–Trinajstić information content (AvgIpc) is 3.37. The Kier molecular flexibility index (Phi) is 4.47. The number of hydrogen-bond acceptors (Lipinski definition) is 5. The molecule has 1 N–H and O–H groups in total. The zero-order valence-electron chi connectivity index (χ0n) is 15.9. The molecule has 7 heteroatoms. The van der Waals surface area contributed by atoms with Crippen LogP contribution in [0, 0.1) is 0 Å². The predicted molar refractivity (Wildman–Crippen MR) is 114 cm³/mol. The van der Waals surface area contributed by atoms with Crippen molar-refractivity contribution >= 4 is 40.0 Å². The number of thioether (sulfide) groups is 1.